The molecule has 3 aromatic rings. The molecule has 7 heteroatoms. The van der Waals surface area contributed by atoms with Gasteiger partial charge in [-0.25, -0.2) is 4.39 Å². The van der Waals surface area contributed by atoms with Gasteiger partial charge < -0.3 is 10.1 Å². The molecule has 1 N–H and O–H groups in total. The van der Waals surface area contributed by atoms with Gasteiger partial charge in [-0.05, 0) is 24.5 Å². The fourth-order valence-corrected chi connectivity index (χ4v) is 2.82. The maximum Gasteiger partial charge on any atom is 0.247 e. The van der Waals surface area contributed by atoms with Crippen LogP contribution in [0.5, 0.6) is 5.88 Å². The fraction of sp³-hybridized carbons (Fsp3) is 0.118. The number of benzene rings is 2. The third-order valence-electron chi connectivity index (χ3n) is 3.69. The second-order valence-corrected chi connectivity index (χ2v) is 5.97. The van der Waals surface area contributed by atoms with Crippen LogP contribution in [0.2, 0.25) is 0 Å². The third-order valence-corrected chi connectivity index (χ3v) is 4.23. The summed E-state index contributed by atoms with van der Waals surface area (Å²) < 4.78 is 19.3. The topological polar surface area (TPSA) is 59.9 Å². The van der Waals surface area contributed by atoms with Gasteiger partial charge in [-0.3, -0.25) is 0 Å². The van der Waals surface area contributed by atoms with Crippen molar-refractivity contribution >= 4 is 17.4 Å². The SMILES string of the molecule is CSc1nnc2c(n1)OC(c1ccc(F)cc1)Nc1ccccc1-2. The van der Waals surface area contributed by atoms with Gasteiger partial charge in [0.2, 0.25) is 11.0 Å². The molecule has 5 nitrogen and oxygen atoms in total. The van der Waals surface area contributed by atoms with Crippen molar-refractivity contribution in [3.63, 3.8) is 0 Å². The summed E-state index contributed by atoms with van der Waals surface area (Å²) in [5, 5.41) is 12.2. The van der Waals surface area contributed by atoms with Gasteiger partial charge in [-0.2, -0.15) is 4.98 Å². The first-order valence-electron chi connectivity index (χ1n) is 7.31. The summed E-state index contributed by atoms with van der Waals surface area (Å²) in [5.41, 5.74) is 3.10. The van der Waals surface area contributed by atoms with Crippen LogP contribution in [0.4, 0.5) is 10.1 Å². The lowest BCUT2D eigenvalue weighted by molar-refractivity contribution is 0.225. The van der Waals surface area contributed by atoms with Gasteiger partial charge in [0.15, 0.2) is 11.9 Å². The van der Waals surface area contributed by atoms with Crippen LogP contribution in [0.25, 0.3) is 11.3 Å². The van der Waals surface area contributed by atoms with Crippen LogP contribution in [-0.4, -0.2) is 21.4 Å². The molecule has 0 aliphatic carbocycles. The second kappa shape index (κ2) is 6.09. The average molecular weight is 340 g/mol. The number of halogens is 1. The summed E-state index contributed by atoms with van der Waals surface area (Å²) in [4.78, 5) is 4.44. The molecule has 4 rings (SSSR count). The Labute approximate surface area is 142 Å². The van der Waals surface area contributed by atoms with Crippen molar-refractivity contribution in [2.24, 2.45) is 0 Å². The Hall–Kier alpha value is -2.67. The summed E-state index contributed by atoms with van der Waals surface area (Å²) >= 11 is 1.39. The monoisotopic (exact) mass is 340 g/mol. The smallest absolute Gasteiger partial charge is 0.247 e. The summed E-state index contributed by atoms with van der Waals surface area (Å²) in [6.07, 6.45) is 1.38. The standard InChI is InChI=1S/C17H13FN4OS/c1-24-17-20-16-14(21-22-17)12-4-2-3-5-13(12)19-15(23-16)10-6-8-11(18)9-7-10/h2-9,15,19H,1H3. The fourth-order valence-electron chi connectivity index (χ4n) is 2.52. The first kappa shape index (κ1) is 14.9. The molecule has 0 amide bonds. The number of thioether (sulfide) groups is 1. The molecule has 2 aromatic carbocycles. The van der Waals surface area contributed by atoms with Crippen molar-refractivity contribution in [2.45, 2.75) is 11.4 Å². The third kappa shape index (κ3) is 2.67. The minimum Gasteiger partial charge on any atom is -0.448 e. The Morgan fingerprint density at radius 3 is 2.67 bits per heavy atom. The molecule has 1 unspecified atom stereocenters. The lowest BCUT2D eigenvalue weighted by atomic mass is 10.1. The van der Waals surface area contributed by atoms with Gasteiger partial charge in [0, 0.05) is 16.8 Å². The van der Waals surface area contributed by atoms with Crippen LogP contribution in [-0.2, 0) is 0 Å². The van der Waals surface area contributed by atoms with E-state index in [1.807, 2.05) is 30.5 Å². The molecule has 0 saturated heterocycles. The number of aromatic nitrogens is 3. The summed E-state index contributed by atoms with van der Waals surface area (Å²) in [6, 6.07) is 13.9. The minimum atomic E-state index is -0.501. The highest BCUT2D eigenvalue weighted by atomic mass is 32.2. The van der Waals surface area contributed by atoms with E-state index in [0.717, 1.165) is 16.8 Å². The Balaban J connectivity index is 1.85. The molecule has 1 atom stereocenters. The number of ether oxygens (including phenoxy) is 1. The Morgan fingerprint density at radius 1 is 1.08 bits per heavy atom. The maximum atomic E-state index is 13.2. The van der Waals surface area contributed by atoms with Crippen molar-refractivity contribution in [3.05, 3.63) is 59.9 Å². The van der Waals surface area contributed by atoms with Crippen molar-refractivity contribution in [1.29, 1.82) is 0 Å². The van der Waals surface area contributed by atoms with Gasteiger partial charge in [0.05, 0.1) is 0 Å². The molecule has 0 saturated carbocycles. The van der Waals surface area contributed by atoms with E-state index in [1.54, 1.807) is 12.1 Å². The van der Waals surface area contributed by atoms with Gasteiger partial charge >= 0.3 is 0 Å². The van der Waals surface area contributed by atoms with E-state index in [2.05, 4.69) is 20.5 Å². The van der Waals surface area contributed by atoms with Gasteiger partial charge in [-0.1, -0.05) is 42.1 Å². The maximum absolute atomic E-state index is 13.2. The van der Waals surface area contributed by atoms with Crippen LogP contribution < -0.4 is 10.1 Å². The molecule has 1 aliphatic rings. The number of para-hydroxylation sites is 1. The molecule has 0 radical (unpaired) electrons. The number of hydrogen-bond donors (Lipinski definition) is 1. The number of nitrogens with one attached hydrogen (secondary N) is 1. The molecule has 1 aliphatic heterocycles. The van der Waals surface area contributed by atoms with Crippen molar-refractivity contribution < 1.29 is 9.13 Å². The summed E-state index contributed by atoms with van der Waals surface area (Å²) in [6.45, 7) is 0. The Bertz CT molecular complexity index is 888. The minimum absolute atomic E-state index is 0.290. The summed E-state index contributed by atoms with van der Waals surface area (Å²) in [5.74, 6) is 0.114. The number of nitrogens with zero attached hydrogens (tertiary/aromatic N) is 3. The van der Waals surface area contributed by atoms with E-state index in [1.165, 1.54) is 23.9 Å². The van der Waals surface area contributed by atoms with Crippen LogP contribution in [0.15, 0.2) is 53.7 Å². The van der Waals surface area contributed by atoms with Crippen LogP contribution in [0, 0.1) is 5.82 Å². The van der Waals surface area contributed by atoms with E-state index in [-0.39, 0.29) is 5.82 Å². The van der Waals surface area contributed by atoms with E-state index < -0.39 is 6.23 Å². The number of anilines is 1. The highest BCUT2D eigenvalue weighted by Gasteiger charge is 2.25. The molecular weight excluding hydrogens is 327 g/mol. The molecule has 1 aromatic heterocycles. The molecule has 24 heavy (non-hydrogen) atoms. The highest BCUT2D eigenvalue weighted by Crippen LogP contribution is 2.39. The van der Waals surface area contributed by atoms with E-state index in [0.29, 0.717) is 16.7 Å². The number of hydrogen-bond acceptors (Lipinski definition) is 6. The van der Waals surface area contributed by atoms with Crippen LogP contribution in [0.1, 0.15) is 11.8 Å². The van der Waals surface area contributed by atoms with Gasteiger partial charge in [0.25, 0.3) is 0 Å². The molecular formula is C17H13FN4OS. The molecule has 0 spiro atoms. The first-order chi connectivity index (χ1) is 11.7. The zero-order valence-electron chi connectivity index (χ0n) is 12.7. The van der Waals surface area contributed by atoms with Crippen molar-refractivity contribution in [3.8, 4) is 17.1 Å². The molecule has 2 heterocycles. The quantitative estimate of drug-likeness (QED) is 0.714. The van der Waals surface area contributed by atoms with E-state index in [4.69, 9.17) is 4.74 Å². The second-order valence-electron chi connectivity index (χ2n) is 5.19. The predicted octanol–water partition coefficient (Wildman–Crippen LogP) is 3.90. The van der Waals surface area contributed by atoms with Gasteiger partial charge in [0.1, 0.15) is 5.82 Å². The molecule has 0 fully saturated rings. The van der Waals surface area contributed by atoms with Crippen molar-refractivity contribution in [2.75, 3.05) is 11.6 Å². The normalized spacial score (nSPS) is 15.5. The molecule has 120 valence electrons. The molecule has 0 bridgehead atoms. The van der Waals surface area contributed by atoms with E-state index in [9.17, 15) is 4.39 Å². The van der Waals surface area contributed by atoms with Crippen molar-refractivity contribution in [1.82, 2.24) is 15.2 Å². The summed E-state index contributed by atoms with van der Waals surface area (Å²) in [7, 11) is 0. The lowest BCUT2D eigenvalue weighted by Gasteiger charge is -2.19. The zero-order valence-corrected chi connectivity index (χ0v) is 13.5. The Morgan fingerprint density at radius 2 is 1.88 bits per heavy atom. The first-order valence-corrected chi connectivity index (χ1v) is 8.54. The lowest BCUT2D eigenvalue weighted by Crippen LogP contribution is -2.17. The highest BCUT2D eigenvalue weighted by molar-refractivity contribution is 7.98. The van der Waals surface area contributed by atoms with Gasteiger partial charge in [-0.15, -0.1) is 10.2 Å². The van der Waals surface area contributed by atoms with E-state index >= 15 is 0 Å². The number of fused-ring (bicyclic) bond motifs is 3. The van der Waals surface area contributed by atoms with Crippen LogP contribution >= 0.6 is 11.8 Å². The van der Waals surface area contributed by atoms with Crippen LogP contribution in [0.3, 0.4) is 0 Å². The largest absolute Gasteiger partial charge is 0.448 e. The number of rotatable bonds is 2. The average Bonchev–Trinajstić information content (AvgIpc) is 2.78. The zero-order chi connectivity index (χ0) is 16.5. The Kier molecular flexibility index (Phi) is 3.78. The predicted molar refractivity (Wildman–Crippen MR) is 90.4 cm³/mol.